The van der Waals surface area contributed by atoms with Gasteiger partial charge in [0.1, 0.15) is 0 Å². The van der Waals surface area contributed by atoms with Gasteiger partial charge in [-0.05, 0) is 25.0 Å². The first-order valence-corrected chi connectivity index (χ1v) is 8.89. The van der Waals surface area contributed by atoms with Crippen molar-refractivity contribution in [3.05, 3.63) is 71.8 Å². The lowest BCUT2D eigenvalue weighted by Crippen LogP contribution is -2.50. The van der Waals surface area contributed by atoms with Crippen molar-refractivity contribution in [3.63, 3.8) is 0 Å². The fraction of sp³-hybridized carbons (Fsp3) is 0.364. The van der Waals surface area contributed by atoms with Crippen LogP contribution in [0.3, 0.4) is 0 Å². The third kappa shape index (κ3) is 4.24. The zero-order valence-electron chi connectivity index (χ0n) is 16.5. The molecule has 150 valence electrons. The lowest BCUT2D eigenvalue weighted by atomic mass is 9.80. The average molecular weight is 386 g/mol. The molecule has 0 spiro atoms. The van der Waals surface area contributed by atoms with Crippen LogP contribution in [0.5, 0.6) is 0 Å². The summed E-state index contributed by atoms with van der Waals surface area (Å²) in [5.74, 6) is -1.31. The fourth-order valence-corrected chi connectivity index (χ4v) is 3.01. The molecule has 0 saturated carbocycles. The number of aliphatic hydroxyl groups excluding tert-OH is 1. The van der Waals surface area contributed by atoms with Crippen LogP contribution in [0.4, 0.5) is 0 Å². The summed E-state index contributed by atoms with van der Waals surface area (Å²) in [6.45, 7) is 3.24. The predicted molar refractivity (Wildman–Crippen MR) is 103 cm³/mol. The highest BCUT2D eigenvalue weighted by Gasteiger charge is 2.48. The molecule has 0 radical (unpaired) electrons. The van der Waals surface area contributed by atoms with Gasteiger partial charge in [-0.2, -0.15) is 0 Å². The molecule has 2 aromatic carbocycles. The first-order valence-electron chi connectivity index (χ1n) is 8.89. The van der Waals surface area contributed by atoms with Crippen LogP contribution in [0.1, 0.15) is 25.0 Å². The summed E-state index contributed by atoms with van der Waals surface area (Å²) in [7, 11) is 2.50. The second-order valence-corrected chi connectivity index (χ2v) is 7.06. The molecule has 0 aliphatic carbocycles. The van der Waals surface area contributed by atoms with Gasteiger partial charge in [-0.3, -0.25) is 4.79 Å². The van der Waals surface area contributed by atoms with Gasteiger partial charge in [0.2, 0.25) is 0 Å². The van der Waals surface area contributed by atoms with E-state index in [2.05, 4.69) is 0 Å². The van der Waals surface area contributed by atoms with E-state index in [0.717, 1.165) is 0 Å². The maximum Gasteiger partial charge on any atom is 0.338 e. The summed E-state index contributed by atoms with van der Waals surface area (Å²) in [6.07, 6.45) is -1.66. The lowest BCUT2D eigenvalue weighted by molar-refractivity contribution is -0.179. The Morgan fingerprint density at radius 2 is 1.36 bits per heavy atom. The number of ether oxygens (including phenoxy) is 3. The van der Waals surface area contributed by atoms with Crippen molar-refractivity contribution in [3.8, 4) is 0 Å². The number of carbonyl (C=O) groups excluding carboxylic acids is 2. The van der Waals surface area contributed by atoms with Crippen LogP contribution in [-0.2, 0) is 29.4 Å². The van der Waals surface area contributed by atoms with E-state index >= 15 is 0 Å². The minimum Gasteiger partial charge on any atom is -0.469 e. The minimum atomic E-state index is -1.66. The second kappa shape index (κ2) is 8.99. The van der Waals surface area contributed by atoms with Gasteiger partial charge in [-0.15, -0.1) is 0 Å². The van der Waals surface area contributed by atoms with Crippen molar-refractivity contribution in [1.82, 2.24) is 0 Å². The van der Waals surface area contributed by atoms with Gasteiger partial charge in [-0.1, -0.05) is 60.7 Å². The lowest BCUT2D eigenvalue weighted by Gasteiger charge is -2.39. The SMILES string of the molecule is COC(=O)C(O)C(OCC(C)(C)C(=O)OC)(c1ccccc1)c1ccccc1. The minimum absolute atomic E-state index is 0.0997. The largest absolute Gasteiger partial charge is 0.469 e. The van der Waals surface area contributed by atoms with Gasteiger partial charge in [0.05, 0.1) is 26.2 Å². The number of hydrogen-bond donors (Lipinski definition) is 1. The van der Waals surface area contributed by atoms with E-state index in [-0.39, 0.29) is 6.61 Å². The molecule has 0 bridgehead atoms. The van der Waals surface area contributed by atoms with Crippen molar-refractivity contribution < 1.29 is 28.9 Å². The predicted octanol–water partition coefficient (Wildman–Crippen LogP) is 2.68. The van der Waals surface area contributed by atoms with Crippen molar-refractivity contribution in [1.29, 1.82) is 0 Å². The fourth-order valence-electron chi connectivity index (χ4n) is 3.01. The maximum absolute atomic E-state index is 12.4. The number of benzene rings is 2. The van der Waals surface area contributed by atoms with Gasteiger partial charge in [0.15, 0.2) is 11.7 Å². The molecule has 1 atom stereocenters. The molecule has 0 aromatic heterocycles. The third-order valence-electron chi connectivity index (χ3n) is 4.61. The first kappa shape index (κ1) is 21.6. The van der Waals surface area contributed by atoms with Gasteiger partial charge < -0.3 is 19.3 Å². The Morgan fingerprint density at radius 3 is 1.75 bits per heavy atom. The average Bonchev–Trinajstić information content (AvgIpc) is 2.74. The van der Waals surface area contributed by atoms with Crippen LogP contribution in [0, 0.1) is 5.41 Å². The summed E-state index contributed by atoms with van der Waals surface area (Å²) in [5.41, 5.74) is -1.46. The summed E-state index contributed by atoms with van der Waals surface area (Å²) >= 11 is 0. The molecule has 0 saturated heterocycles. The maximum atomic E-state index is 12.4. The number of hydrogen-bond acceptors (Lipinski definition) is 6. The first-order chi connectivity index (χ1) is 13.3. The molecule has 28 heavy (non-hydrogen) atoms. The Bertz CT molecular complexity index is 746. The number of esters is 2. The summed E-state index contributed by atoms with van der Waals surface area (Å²) < 4.78 is 15.9. The molecular formula is C22H26O6. The van der Waals surface area contributed by atoms with Crippen LogP contribution in [0.15, 0.2) is 60.7 Å². The quantitative estimate of drug-likeness (QED) is 0.703. The number of aliphatic hydroxyl groups is 1. The molecule has 0 aliphatic rings. The molecule has 0 heterocycles. The standard InChI is InChI=1S/C22H26O6/c1-21(2,20(25)27-4)15-28-22(18(23)19(24)26-3,16-11-7-5-8-12-16)17-13-9-6-10-14-17/h5-14,18,23H,15H2,1-4H3. The van der Waals surface area contributed by atoms with Crippen LogP contribution in [-0.4, -0.2) is 44.0 Å². The number of rotatable bonds is 8. The monoisotopic (exact) mass is 386 g/mol. The second-order valence-electron chi connectivity index (χ2n) is 7.06. The molecule has 6 heteroatoms. The molecule has 1 unspecified atom stereocenters. The zero-order valence-corrected chi connectivity index (χ0v) is 16.5. The van der Waals surface area contributed by atoms with E-state index in [9.17, 15) is 14.7 Å². The Kier molecular flexibility index (Phi) is 6.94. The number of methoxy groups -OCH3 is 2. The van der Waals surface area contributed by atoms with Crippen LogP contribution >= 0.6 is 0 Å². The van der Waals surface area contributed by atoms with E-state index in [0.29, 0.717) is 11.1 Å². The molecular weight excluding hydrogens is 360 g/mol. The molecule has 6 nitrogen and oxygen atoms in total. The number of carbonyl (C=O) groups is 2. The normalized spacial score (nSPS) is 12.9. The van der Waals surface area contributed by atoms with Gasteiger partial charge in [0, 0.05) is 0 Å². The summed E-state index contributed by atoms with van der Waals surface area (Å²) in [4.78, 5) is 24.5. The molecule has 2 aromatic rings. The Hall–Kier alpha value is -2.70. The Balaban J connectivity index is 2.64. The van der Waals surface area contributed by atoms with Crippen molar-refractivity contribution in [2.45, 2.75) is 25.6 Å². The van der Waals surface area contributed by atoms with Gasteiger partial charge in [0.25, 0.3) is 0 Å². The zero-order chi connectivity index (χ0) is 20.8. The van der Waals surface area contributed by atoms with Crippen LogP contribution < -0.4 is 0 Å². The highest BCUT2D eigenvalue weighted by atomic mass is 16.6. The molecule has 1 N–H and O–H groups in total. The topological polar surface area (TPSA) is 82.1 Å². The van der Waals surface area contributed by atoms with E-state index in [1.165, 1.54) is 14.2 Å². The van der Waals surface area contributed by atoms with Gasteiger partial charge >= 0.3 is 11.9 Å². The third-order valence-corrected chi connectivity index (χ3v) is 4.61. The summed E-state index contributed by atoms with van der Waals surface area (Å²) in [6, 6.07) is 17.8. The highest BCUT2D eigenvalue weighted by molar-refractivity contribution is 5.78. The van der Waals surface area contributed by atoms with E-state index in [4.69, 9.17) is 14.2 Å². The summed E-state index contributed by atoms with van der Waals surface area (Å²) in [5, 5.41) is 11.0. The highest BCUT2D eigenvalue weighted by Crippen LogP contribution is 2.39. The smallest absolute Gasteiger partial charge is 0.338 e. The van der Waals surface area contributed by atoms with Crippen molar-refractivity contribution in [2.24, 2.45) is 5.41 Å². The van der Waals surface area contributed by atoms with E-state index in [1.54, 1.807) is 62.4 Å². The Labute approximate surface area is 165 Å². The van der Waals surface area contributed by atoms with E-state index in [1.807, 2.05) is 12.1 Å². The Morgan fingerprint density at radius 1 is 0.893 bits per heavy atom. The van der Waals surface area contributed by atoms with Crippen molar-refractivity contribution in [2.75, 3.05) is 20.8 Å². The van der Waals surface area contributed by atoms with Crippen LogP contribution in [0.25, 0.3) is 0 Å². The molecule has 0 amide bonds. The molecule has 0 fully saturated rings. The van der Waals surface area contributed by atoms with Crippen LogP contribution in [0.2, 0.25) is 0 Å². The molecule has 2 rings (SSSR count). The van der Waals surface area contributed by atoms with Gasteiger partial charge in [-0.25, -0.2) is 4.79 Å². The van der Waals surface area contributed by atoms with E-state index < -0.39 is 29.1 Å². The van der Waals surface area contributed by atoms with Crippen molar-refractivity contribution >= 4 is 11.9 Å². The molecule has 0 aliphatic heterocycles.